The monoisotopic (exact) mass is 301 g/mol. The number of benzene rings is 2. The van der Waals surface area contributed by atoms with E-state index < -0.39 is 18.1 Å². The minimum Gasteiger partial charge on any atom is -0.481 e. The van der Waals surface area contributed by atoms with Crippen LogP contribution in [0, 0.1) is 12.3 Å². The molecular formula is C18H20FNO2. The predicted octanol–water partition coefficient (Wildman–Crippen LogP) is 3.39. The van der Waals surface area contributed by atoms with Gasteiger partial charge >= 0.3 is 5.97 Å². The number of carboxylic acid groups (broad SMARTS) is 1. The number of rotatable bonds is 4. The van der Waals surface area contributed by atoms with Gasteiger partial charge in [0.15, 0.2) is 0 Å². The number of nitrogens with zero attached hydrogens (tertiary/aromatic N) is 1. The average Bonchev–Trinajstić information content (AvgIpc) is 2.95. The third kappa shape index (κ3) is 2.48. The third-order valence-electron chi connectivity index (χ3n) is 4.80. The van der Waals surface area contributed by atoms with Gasteiger partial charge in [-0.15, -0.1) is 0 Å². The normalized spacial score (nSPS) is 22.3. The molecule has 3 nitrogen and oxygen atoms in total. The predicted molar refractivity (Wildman–Crippen MR) is 84.6 cm³/mol. The van der Waals surface area contributed by atoms with Crippen LogP contribution in [0.4, 0.5) is 4.39 Å². The zero-order valence-electron chi connectivity index (χ0n) is 12.7. The first-order chi connectivity index (χ1) is 10.6. The molecule has 0 aromatic heterocycles. The van der Waals surface area contributed by atoms with E-state index >= 15 is 0 Å². The highest BCUT2D eigenvalue weighted by Gasteiger charge is 2.45. The third-order valence-corrected chi connectivity index (χ3v) is 4.80. The van der Waals surface area contributed by atoms with Crippen LogP contribution in [0.15, 0.2) is 36.4 Å². The fourth-order valence-corrected chi connectivity index (χ4v) is 3.31. The maximum absolute atomic E-state index is 13.2. The first-order valence-electron chi connectivity index (χ1n) is 7.55. The Labute approximate surface area is 129 Å². The van der Waals surface area contributed by atoms with Crippen LogP contribution in [0.5, 0.6) is 0 Å². The second kappa shape index (κ2) is 5.69. The van der Waals surface area contributed by atoms with Gasteiger partial charge in [0, 0.05) is 13.1 Å². The van der Waals surface area contributed by atoms with Crippen LogP contribution < -0.4 is 0 Å². The zero-order valence-corrected chi connectivity index (χ0v) is 12.7. The Hall–Kier alpha value is -1.94. The molecule has 2 aromatic carbocycles. The van der Waals surface area contributed by atoms with Crippen molar-refractivity contribution in [2.24, 2.45) is 5.41 Å². The molecular weight excluding hydrogens is 281 g/mol. The molecule has 1 N–H and O–H groups in total. The van der Waals surface area contributed by atoms with Crippen molar-refractivity contribution in [3.63, 3.8) is 0 Å². The summed E-state index contributed by atoms with van der Waals surface area (Å²) < 4.78 is 13.2. The molecule has 1 aliphatic rings. The number of carboxylic acids is 1. The summed E-state index contributed by atoms with van der Waals surface area (Å²) >= 11 is 0. The van der Waals surface area contributed by atoms with Gasteiger partial charge in [0.1, 0.15) is 12.1 Å². The summed E-state index contributed by atoms with van der Waals surface area (Å²) in [6.07, 6.45) is 0.378. The highest BCUT2D eigenvalue weighted by Crippen LogP contribution is 2.33. The molecule has 3 rings (SSSR count). The van der Waals surface area contributed by atoms with Crippen molar-refractivity contribution in [2.45, 2.75) is 19.9 Å². The number of fused-ring (bicyclic) bond motifs is 1. The van der Waals surface area contributed by atoms with Crippen LogP contribution in [0.3, 0.4) is 0 Å². The van der Waals surface area contributed by atoms with Gasteiger partial charge < -0.3 is 5.11 Å². The molecule has 0 bridgehead atoms. The van der Waals surface area contributed by atoms with E-state index in [9.17, 15) is 14.3 Å². The molecule has 1 aliphatic heterocycles. The molecule has 1 unspecified atom stereocenters. The van der Waals surface area contributed by atoms with Gasteiger partial charge in [-0.3, -0.25) is 9.69 Å². The number of likely N-dealkylation sites (tertiary alicyclic amines) is 1. The summed E-state index contributed by atoms with van der Waals surface area (Å²) in [5.74, 6) is -1.02. The van der Waals surface area contributed by atoms with Crippen molar-refractivity contribution in [1.82, 2.24) is 4.90 Å². The Balaban J connectivity index is 1.89. The fraction of sp³-hybridized carbons (Fsp3) is 0.389. The SMILES string of the molecule is Cc1ccc2ccccc2c1CN1CCC(CF)(C(=O)O)C1. The molecule has 1 fully saturated rings. The fourth-order valence-electron chi connectivity index (χ4n) is 3.31. The topological polar surface area (TPSA) is 40.5 Å². The van der Waals surface area contributed by atoms with Gasteiger partial charge in [-0.05, 0) is 41.8 Å². The standard InChI is InChI=1S/C18H20FNO2/c1-13-6-7-14-4-2-3-5-15(14)16(13)10-20-9-8-18(11-19,12-20)17(21)22/h2-7H,8-12H2,1H3,(H,21,22). The maximum atomic E-state index is 13.2. The average molecular weight is 301 g/mol. The number of aliphatic carboxylic acids is 1. The van der Waals surface area contributed by atoms with E-state index in [2.05, 4.69) is 36.1 Å². The Kier molecular flexibility index (Phi) is 3.87. The molecule has 116 valence electrons. The molecule has 0 aliphatic carbocycles. The molecule has 1 heterocycles. The maximum Gasteiger partial charge on any atom is 0.313 e. The van der Waals surface area contributed by atoms with E-state index in [1.807, 2.05) is 12.1 Å². The Morgan fingerprint density at radius 1 is 1.32 bits per heavy atom. The van der Waals surface area contributed by atoms with Crippen LogP contribution in [0.2, 0.25) is 0 Å². The molecule has 0 spiro atoms. The largest absolute Gasteiger partial charge is 0.481 e. The summed E-state index contributed by atoms with van der Waals surface area (Å²) in [4.78, 5) is 13.4. The lowest BCUT2D eigenvalue weighted by atomic mass is 9.89. The van der Waals surface area contributed by atoms with Crippen molar-refractivity contribution in [3.05, 3.63) is 47.5 Å². The number of hydrogen-bond acceptors (Lipinski definition) is 2. The van der Waals surface area contributed by atoms with Crippen LogP contribution in [-0.4, -0.2) is 35.7 Å². The lowest BCUT2D eigenvalue weighted by molar-refractivity contribution is -0.149. The van der Waals surface area contributed by atoms with Gasteiger partial charge in [0.25, 0.3) is 0 Å². The number of halogens is 1. The first kappa shape index (κ1) is 15.0. The number of hydrogen-bond donors (Lipinski definition) is 1. The van der Waals surface area contributed by atoms with E-state index in [1.54, 1.807) is 0 Å². The van der Waals surface area contributed by atoms with Crippen LogP contribution in [-0.2, 0) is 11.3 Å². The molecule has 2 aromatic rings. The summed E-state index contributed by atoms with van der Waals surface area (Å²) in [5, 5.41) is 11.7. The zero-order chi connectivity index (χ0) is 15.7. The molecule has 4 heteroatoms. The summed E-state index contributed by atoms with van der Waals surface area (Å²) in [7, 11) is 0. The molecule has 0 radical (unpaired) electrons. The summed E-state index contributed by atoms with van der Waals surface area (Å²) in [6.45, 7) is 2.84. The quantitative estimate of drug-likeness (QED) is 0.941. The van der Waals surface area contributed by atoms with Gasteiger partial charge in [0.05, 0.1) is 0 Å². The number of aryl methyl sites for hydroxylation is 1. The van der Waals surface area contributed by atoms with E-state index in [-0.39, 0.29) is 6.54 Å². The lowest BCUT2D eigenvalue weighted by Gasteiger charge is -2.22. The van der Waals surface area contributed by atoms with Gasteiger partial charge in [-0.25, -0.2) is 4.39 Å². The van der Waals surface area contributed by atoms with Crippen molar-refractivity contribution in [3.8, 4) is 0 Å². The van der Waals surface area contributed by atoms with Crippen molar-refractivity contribution in [1.29, 1.82) is 0 Å². The Morgan fingerprint density at radius 2 is 2.09 bits per heavy atom. The smallest absolute Gasteiger partial charge is 0.313 e. The van der Waals surface area contributed by atoms with Crippen LogP contribution >= 0.6 is 0 Å². The second-order valence-electron chi connectivity index (χ2n) is 6.26. The van der Waals surface area contributed by atoms with Crippen molar-refractivity contribution < 1.29 is 14.3 Å². The Bertz CT molecular complexity index is 715. The highest BCUT2D eigenvalue weighted by molar-refractivity contribution is 5.86. The van der Waals surface area contributed by atoms with Crippen LogP contribution in [0.1, 0.15) is 17.5 Å². The van der Waals surface area contributed by atoms with E-state index in [0.717, 1.165) is 0 Å². The van der Waals surface area contributed by atoms with E-state index in [0.29, 0.717) is 19.5 Å². The molecule has 1 saturated heterocycles. The molecule has 0 saturated carbocycles. The number of alkyl halides is 1. The van der Waals surface area contributed by atoms with Gasteiger partial charge in [-0.1, -0.05) is 36.4 Å². The van der Waals surface area contributed by atoms with Crippen LogP contribution in [0.25, 0.3) is 10.8 Å². The van der Waals surface area contributed by atoms with E-state index in [1.165, 1.54) is 21.9 Å². The van der Waals surface area contributed by atoms with Gasteiger partial charge in [-0.2, -0.15) is 0 Å². The molecule has 0 amide bonds. The van der Waals surface area contributed by atoms with Crippen molar-refractivity contribution in [2.75, 3.05) is 19.8 Å². The second-order valence-corrected chi connectivity index (χ2v) is 6.26. The van der Waals surface area contributed by atoms with E-state index in [4.69, 9.17) is 0 Å². The van der Waals surface area contributed by atoms with Gasteiger partial charge in [0.2, 0.25) is 0 Å². The minimum absolute atomic E-state index is 0.279. The van der Waals surface area contributed by atoms with Crippen molar-refractivity contribution >= 4 is 16.7 Å². The summed E-state index contributed by atoms with van der Waals surface area (Å²) in [6, 6.07) is 12.4. The molecule has 22 heavy (non-hydrogen) atoms. The lowest BCUT2D eigenvalue weighted by Crippen LogP contribution is -2.36. The number of carbonyl (C=O) groups is 1. The first-order valence-corrected chi connectivity index (χ1v) is 7.55. The summed E-state index contributed by atoms with van der Waals surface area (Å²) in [5.41, 5.74) is 1.17. The molecule has 1 atom stereocenters. The minimum atomic E-state index is -1.22. The Morgan fingerprint density at radius 3 is 2.77 bits per heavy atom. The highest BCUT2D eigenvalue weighted by atomic mass is 19.1.